The summed E-state index contributed by atoms with van der Waals surface area (Å²) in [5, 5.41) is 3.00. The molecule has 1 heterocycles. The van der Waals surface area contributed by atoms with Crippen LogP contribution in [0.4, 0.5) is 0 Å². The second-order valence-electron chi connectivity index (χ2n) is 6.64. The van der Waals surface area contributed by atoms with E-state index in [2.05, 4.69) is 5.32 Å². The molecule has 0 bridgehead atoms. The van der Waals surface area contributed by atoms with Crippen LogP contribution >= 0.6 is 0 Å². The Balaban J connectivity index is 1.70. The third kappa shape index (κ3) is 4.71. The Bertz CT molecular complexity index is 869. The normalized spacial score (nSPS) is 15.6. The molecule has 2 aromatic carbocycles. The van der Waals surface area contributed by atoms with E-state index in [1.54, 1.807) is 30.3 Å². The fraction of sp³-hybridized carbons (Fsp3) is 0.350. The summed E-state index contributed by atoms with van der Waals surface area (Å²) in [4.78, 5) is 12.7. The first-order valence-corrected chi connectivity index (χ1v) is 10.6. The van der Waals surface area contributed by atoms with E-state index in [4.69, 9.17) is 4.74 Å². The molecule has 1 N–H and O–H groups in total. The molecule has 6 heteroatoms. The predicted molar refractivity (Wildman–Crippen MR) is 101 cm³/mol. The van der Waals surface area contributed by atoms with E-state index in [0.29, 0.717) is 18.0 Å². The molecule has 5 nitrogen and oxygen atoms in total. The molecule has 0 aliphatic carbocycles. The number of hydrogen-bond acceptors (Lipinski definition) is 4. The maximum absolute atomic E-state index is 12.4. The van der Waals surface area contributed by atoms with Gasteiger partial charge in [0.1, 0.15) is 0 Å². The second kappa shape index (κ2) is 8.01. The van der Waals surface area contributed by atoms with Gasteiger partial charge in [-0.2, -0.15) is 0 Å². The molecule has 0 unspecified atom stereocenters. The monoisotopic (exact) mass is 373 g/mol. The van der Waals surface area contributed by atoms with Gasteiger partial charge in [0.05, 0.1) is 4.90 Å². The van der Waals surface area contributed by atoms with Gasteiger partial charge in [0.2, 0.25) is 0 Å². The number of nitrogens with one attached hydrogen (secondary N) is 1. The molecule has 1 fully saturated rings. The summed E-state index contributed by atoms with van der Waals surface area (Å²) >= 11 is 0. The van der Waals surface area contributed by atoms with E-state index in [1.807, 2.05) is 18.2 Å². The van der Waals surface area contributed by atoms with Gasteiger partial charge < -0.3 is 10.1 Å². The summed E-state index contributed by atoms with van der Waals surface area (Å²) in [5.41, 5.74) is 2.35. The minimum Gasteiger partial charge on any atom is -0.381 e. The SMILES string of the molecule is CS(=O)(=O)c1ccc(-c2cccc(C(=O)NCC3CCOCC3)c2)cc1. The number of carbonyl (C=O) groups is 1. The largest absolute Gasteiger partial charge is 0.381 e. The maximum Gasteiger partial charge on any atom is 0.251 e. The average Bonchev–Trinajstić information content (AvgIpc) is 2.66. The van der Waals surface area contributed by atoms with Crippen molar-refractivity contribution < 1.29 is 17.9 Å². The summed E-state index contributed by atoms with van der Waals surface area (Å²) in [7, 11) is -3.21. The van der Waals surface area contributed by atoms with Crippen LogP contribution in [-0.4, -0.2) is 40.3 Å². The highest BCUT2D eigenvalue weighted by Crippen LogP contribution is 2.22. The zero-order valence-corrected chi connectivity index (χ0v) is 15.6. The molecule has 138 valence electrons. The molecule has 26 heavy (non-hydrogen) atoms. The van der Waals surface area contributed by atoms with Crippen LogP contribution in [0.25, 0.3) is 11.1 Å². The van der Waals surface area contributed by atoms with E-state index in [0.717, 1.165) is 37.2 Å². The lowest BCUT2D eigenvalue weighted by Crippen LogP contribution is -2.32. The van der Waals surface area contributed by atoms with Gasteiger partial charge in [-0.25, -0.2) is 8.42 Å². The van der Waals surface area contributed by atoms with Gasteiger partial charge in [-0.15, -0.1) is 0 Å². The number of ether oxygens (including phenoxy) is 1. The molecule has 0 aromatic heterocycles. The Morgan fingerprint density at radius 2 is 1.77 bits per heavy atom. The number of sulfone groups is 1. The fourth-order valence-electron chi connectivity index (χ4n) is 3.02. The van der Waals surface area contributed by atoms with Crippen LogP contribution in [0.1, 0.15) is 23.2 Å². The molecule has 0 atom stereocenters. The molecule has 1 saturated heterocycles. The highest BCUT2D eigenvalue weighted by atomic mass is 32.2. The van der Waals surface area contributed by atoms with E-state index in [9.17, 15) is 13.2 Å². The van der Waals surface area contributed by atoms with Crippen molar-refractivity contribution >= 4 is 15.7 Å². The number of benzene rings is 2. The highest BCUT2D eigenvalue weighted by Gasteiger charge is 2.15. The minimum absolute atomic E-state index is 0.0916. The molecule has 3 rings (SSSR count). The maximum atomic E-state index is 12.4. The fourth-order valence-corrected chi connectivity index (χ4v) is 3.65. The van der Waals surface area contributed by atoms with Gasteiger partial charge >= 0.3 is 0 Å². The molecular weight excluding hydrogens is 350 g/mol. The number of carbonyl (C=O) groups excluding carboxylic acids is 1. The Kier molecular flexibility index (Phi) is 5.74. The lowest BCUT2D eigenvalue weighted by Gasteiger charge is -2.22. The van der Waals surface area contributed by atoms with Crippen molar-refractivity contribution in [1.82, 2.24) is 5.32 Å². The summed E-state index contributed by atoms with van der Waals surface area (Å²) < 4.78 is 28.5. The van der Waals surface area contributed by atoms with Crippen LogP contribution < -0.4 is 5.32 Å². The van der Waals surface area contributed by atoms with Crippen LogP contribution in [0.3, 0.4) is 0 Å². The van der Waals surface area contributed by atoms with Crippen molar-refractivity contribution in [2.75, 3.05) is 26.0 Å². The lowest BCUT2D eigenvalue weighted by molar-refractivity contribution is 0.0642. The zero-order valence-electron chi connectivity index (χ0n) is 14.8. The number of hydrogen-bond donors (Lipinski definition) is 1. The van der Waals surface area contributed by atoms with Gasteiger partial charge in [-0.1, -0.05) is 24.3 Å². The molecule has 0 spiro atoms. The Morgan fingerprint density at radius 3 is 2.42 bits per heavy atom. The van der Waals surface area contributed by atoms with Gasteiger partial charge in [-0.3, -0.25) is 4.79 Å². The third-order valence-corrected chi connectivity index (χ3v) is 5.76. The van der Waals surface area contributed by atoms with Gasteiger partial charge in [-0.05, 0) is 54.2 Å². The third-order valence-electron chi connectivity index (χ3n) is 4.63. The smallest absolute Gasteiger partial charge is 0.251 e. The molecule has 2 aromatic rings. The molecule has 1 aliphatic rings. The Labute approximate surface area is 154 Å². The summed E-state index contributed by atoms with van der Waals surface area (Å²) in [6.45, 7) is 2.19. The average molecular weight is 373 g/mol. The number of amides is 1. The molecular formula is C20H23NO4S. The van der Waals surface area contributed by atoms with Gasteiger partial charge in [0.15, 0.2) is 9.84 Å². The van der Waals surface area contributed by atoms with Crippen LogP contribution in [-0.2, 0) is 14.6 Å². The first kappa shape index (κ1) is 18.6. The zero-order chi connectivity index (χ0) is 18.6. The van der Waals surface area contributed by atoms with Crippen molar-refractivity contribution in [3.63, 3.8) is 0 Å². The minimum atomic E-state index is -3.21. The molecule has 0 saturated carbocycles. The summed E-state index contributed by atoms with van der Waals surface area (Å²) in [5.74, 6) is 0.380. The topological polar surface area (TPSA) is 72.5 Å². The lowest BCUT2D eigenvalue weighted by atomic mass is 10.00. The first-order chi connectivity index (χ1) is 12.4. The standard InChI is InChI=1S/C20H23NO4S/c1-26(23,24)19-7-5-16(6-8-19)17-3-2-4-18(13-17)20(22)21-14-15-9-11-25-12-10-15/h2-8,13,15H,9-12,14H2,1H3,(H,21,22). The van der Waals surface area contributed by atoms with Crippen LogP contribution in [0.15, 0.2) is 53.4 Å². The molecule has 1 aliphatic heterocycles. The second-order valence-corrected chi connectivity index (χ2v) is 8.66. The van der Waals surface area contributed by atoms with Crippen molar-refractivity contribution in [3.8, 4) is 11.1 Å². The van der Waals surface area contributed by atoms with E-state index in [1.165, 1.54) is 6.26 Å². The van der Waals surface area contributed by atoms with Crippen molar-refractivity contribution in [2.24, 2.45) is 5.92 Å². The quantitative estimate of drug-likeness (QED) is 0.875. The predicted octanol–water partition coefficient (Wildman–Crippen LogP) is 2.91. The Hall–Kier alpha value is -2.18. The number of rotatable bonds is 5. The van der Waals surface area contributed by atoms with Gasteiger partial charge in [0, 0.05) is 31.6 Å². The van der Waals surface area contributed by atoms with Crippen LogP contribution in [0, 0.1) is 5.92 Å². The van der Waals surface area contributed by atoms with E-state index >= 15 is 0 Å². The first-order valence-electron chi connectivity index (χ1n) is 8.70. The van der Waals surface area contributed by atoms with E-state index in [-0.39, 0.29) is 10.8 Å². The van der Waals surface area contributed by atoms with Crippen molar-refractivity contribution in [1.29, 1.82) is 0 Å². The molecule has 1 amide bonds. The van der Waals surface area contributed by atoms with Crippen LogP contribution in [0.2, 0.25) is 0 Å². The molecule has 0 radical (unpaired) electrons. The summed E-state index contributed by atoms with van der Waals surface area (Å²) in [6.07, 6.45) is 3.14. The van der Waals surface area contributed by atoms with Crippen molar-refractivity contribution in [3.05, 3.63) is 54.1 Å². The van der Waals surface area contributed by atoms with Crippen LogP contribution in [0.5, 0.6) is 0 Å². The summed E-state index contributed by atoms with van der Waals surface area (Å²) in [6, 6.07) is 14.0. The Morgan fingerprint density at radius 1 is 1.08 bits per heavy atom. The highest BCUT2D eigenvalue weighted by molar-refractivity contribution is 7.90. The van der Waals surface area contributed by atoms with Crippen molar-refractivity contribution in [2.45, 2.75) is 17.7 Å². The van der Waals surface area contributed by atoms with E-state index < -0.39 is 9.84 Å². The van der Waals surface area contributed by atoms with Gasteiger partial charge in [0.25, 0.3) is 5.91 Å².